The second kappa shape index (κ2) is 6.51. The monoisotopic (exact) mass is 347 g/mol. The molecule has 2 atom stereocenters. The van der Waals surface area contributed by atoms with E-state index < -0.39 is 0 Å². The van der Waals surface area contributed by atoms with Gasteiger partial charge in [-0.25, -0.2) is 9.97 Å². The van der Waals surface area contributed by atoms with Gasteiger partial charge in [0.1, 0.15) is 11.6 Å². The van der Waals surface area contributed by atoms with Crippen LogP contribution in [-0.4, -0.2) is 34.6 Å². The summed E-state index contributed by atoms with van der Waals surface area (Å²) in [6.45, 7) is 0.969. The molecule has 3 heterocycles. The molecule has 5 rings (SSSR count). The van der Waals surface area contributed by atoms with Crippen molar-refractivity contribution in [2.24, 2.45) is 0 Å². The zero-order valence-corrected chi connectivity index (χ0v) is 15.3. The first-order chi connectivity index (χ1) is 12.8. The number of benzene rings is 1. The molecule has 0 N–H and O–H groups in total. The molecule has 1 aromatic carbocycles. The highest BCUT2D eigenvalue weighted by atomic mass is 16.5. The van der Waals surface area contributed by atoms with Crippen LogP contribution in [0.25, 0.3) is 6.08 Å². The van der Waals surface area contributed by atoms with Crippen molar-refractivity contribution in [3.05, 3.63) is 59.2 Å². The van der Waals surface area contributed by atoms with Crippen LogP contribution in [0.1, 0.15) is 60.3 Å². The first-order valence-corrected chi connectivity index (χ1v) is 9.74. The molecular weight excluding hydrogens is 322 g/mol. The van der Waals surface area contributed by atoms with E-state index in [1.807, 2.05) is 12.1 Å². The minimum atomic E-state index is 0.485. The lowest BCUT2D eigenvalue weighted by Crippen LogP contribution is -2.38. The van der Waals surface area contributed by atoms with E-state index >= 15 is 0 Å². The third-order valence-electron chi connectivity index (χ3n) is 6.04. The number of hydrogen-bond donors (Lipinski definition) is 0. The molecule has 3 aliphatic rings. The highest BCUT2D eigenvalue weighted by molar-refractivity contribution is 5.57. The molecule has 2 aromatic rings. The van der Waals surface area contributed by atoms with Crippen molar-refractivity contribution in [3.8, 4) is 5.75 Å². The van der Waals surface area contributed by atoms with Gasteiger partial charge in [0.05, 0.1) is 12.8 Å². The lowest BCUT2D eigenvalue weighted by atomic mass is 9.99. The van der Waals surface area contributed by atoms with Gasteiger partial charge in [0.15, 0.2) is 0 Å². The summed E-state index contributed by atoms with van der Waals surface area (Å²) in [6, 6.07) is 9.28. The third kappa shape index (κ3) is 2.82. The molecule has 0 unspecified atom stereocenters. The predicted octanol–water partition coefficient (Wildman–Crippen LogP) is 4.14. The maximum Gasteiger partial charge on any atom is 0.131 e. The molecule has 0 radical (unpaired) electrons. The molecule has 4 heteroatoms. The highest BCUT2D eigenvalue weighted by Gasteiger charge is 2.40. The summed E-state index contributed by atoms with van der Waals surface area (Å²) in [5.41, 5.74) is 3.82. The van der Waals surface area contributed by atoms with Crippen LogP contribution >= 0.6 is 0 Å². The molecule has 26 heavy (non-hydrogen) atoms. The molecule has 134 valence electrons. The van der Waals surface area contributed by atoms with E-state index in [9.17, 15) is 0 Å². The minimum absolute atomic E-state index is 0.485. The van der Waals surface area contributed by atoms with E-state index in [0.29, 0.717) is 18.0 Å². The summed E-state index contributed by atoms with van der Waals surface area (Å²) >= 11 is 0. The van der Waals surface area contributed by atoms with Gasteiger partial charge in [-0.2, -0.15) is 0 Å². The fraction of sp³-hybridized carbons (Fsp3) is 0.455. The van der Waals surface area contributed by atoms with Gasteiger partial charge in [-0.05, 0) is 31.7 Å². The highest BCUT2D eigenvalue weighted by Crippen LogP contribution is 2.44. The fourth-order valence-corrected chi connectivity index (χ4v) is 4.52. The van der Waals surface area contributed by atoms with Gasteiger partial charge in [-0.3, -0.25) is 4.90 Å². The Morgan fingerprint density at radius 3 is 2.92 bits per heavy atom. The van der Waals surface area contributed by atoms with Gasteiger partial charge < -0.3 is 4.74 Å². The summed E-state index contributed by atoms with van der Waals surface area (Å²) in [5.74, 6) is 2.66. The summed E-state index contributed by atoms with van der Waals surface area (Å²) in [6.07, 6.45) is 12.7. The second-order valence-corrected chi connectivity index (χ2v) is 7.70. The molecule has 2 aliphatic heterocycles. The quantitative estimate of drug-likeness (QED) is 0.815. The second-order valence-electron chi connectivity index (χ2n) is 7.70. The zero-order chi connectivity index (χ0) is 17.5. The first kappa shape index (κ1) is 16.0. The standard InChI is InChI=1S/C22H25N3O/c1-26-21-7-3-2-5-15(21)6-4-12-25-17-10-11-20(25)18-14-23-22(16-8-9-16)24-19(18)13-17/h2-7,14,16-17,20H,8-13H2,1H3/b6-4+/t17-,20-/m1/s1. The van der Waals surface area contributed by atoms with E-state index in [0.717, 1.165) is 30.1 Å². The van der Waals surface area contributed by atoms with E-state index in [1.54, 1.807) is 7.11 Å². The van der Waals surface area contributed by atoms with Crippen LogP contribution in [0.5, 0.6) is 5.75 Å². The summed E-state index contributed by atoms with van der Waals surface area (Å²) < 4.78 is 5.44. The Balaban J connectivity index is 1.34. The van der Waals surface area contributed by atoms with Gasteiger partial charge in [0.25, 0.3) is 0 Å². The molecule has 0 spiro atoms. The Morgan fingerprint density at radius 2 is 2.08 bits per heavy atom. The van der Waals surface area contributed by atoms with Crippen molar-refractivity contribution in [1.82, 2.24) is 14.9 Å². The predicted molar refractivity (Wildman–Crippen MR) is 102 cm³/mol. The average Bonchev–Trinajstić information content (AvgIpc) is 3.48. The van der Waals surface area contributed by atoms with Gasteiger partial charge in [0, 0.05) is 48.3 Å². The number of fused-ring (bicyclic) bond motifs is 4. The first-order valence-electron chi connectivity index (χ1n) is 9.74. The van der Waals surface area contributed by atoms with Gasteiger partial charge in [-0.1, -0.05) is 30.4 Å². The maximum absolute atomic E-state index is 5.44. The Kier molecular flexibility index (Phi) is 4.01. The van der Waals surface area contributed by atoms with E-state index in [1.165, 1.54) is 36.9 Å². The molecule has 2 fully saturated rings. The number of aromatic nitrogens is 2. The van der Waals surface area contributed by atoms with Crippen molar-refractivity contribution in [2.75, 3.05) is 13.7 Å². The number of hydrogen-bond acceptors (Lipinski definition) is 4. The molecule has 4 nitrogen and oxygen atoms in total. The SMILES string of the molecule is COc1ccccc1/C=C/CN1[C@@H]2CC[C@@H]1c1cnc(C3CC3)nc1C2. The van der Waals surface area contributed by atoms with Crippen molar-refractivity contribution < 1.29 is 4.74 Å². The number of rotatable bonds is 5. The molecule has 0 amide bonds. The van der Waals surface area contributed by atoms with Gasteiger partial charge >= 0.3 is 0 Å². The lowest BCUT2D eigenvalue weighted by Gasteiger charge is -2.34. The number of methoxy groups -OCH3 is 1. The van der Waals surface area contributed by atoms with Gasteiger partial charge in [0.2, 0.25) is 0 Å². The van der Waals surface area contributed by atoms with Crippen LogP contribution in [0.4, 0.5) is 0 Å². The summed E-state index contributed by atoms with van der Waals surface area (Å²) in [4.78, 5) is 12.2. The van der Waals surface area contributed by atoms with Crippen molar-refractivity contribution in [2.45, 2.75) is 50.1 Å². The van der Waals surface area contributed by atoms with Crippen LogP contribution < -0.4 is 4.74 Å². The van der Waals surface area contributed by atoms with E-state index in [2.05, 4.69) is 40.4 Å². The summed E-state index contributed by atoms with van der Waals surface area (Å²) in [5, 5.41) is 0. The smallest absolute Gasteiger partial charge is 0.131 e. The van der Waals surface area contributed by atoms with Crippen LogP contribution in [0.2, 0.25) is 0 Å². The minimum Gasteiger partial charge on any atom is -0.496 e. The van der Waals surface area contributed by atoms with Crippen molar-refractivity contribution >= 4 is 6.08 Å². The zero-order valence-electron chi connectivity index (χ0n) is 15.3. The fourth-order valence-electron chi connectivity index (χ4n) is 4.52. The largest absolute Gasteiger partial charge is 0.496 e. The van der Waals surface area contributed by atoms with E-state index in [-0.39, 0.29) is 0 Å². The molecule has 2 bridgehead atoms. The van der Waals surface area contributed by atoms with Crippen LogP contribution in [-0.2, 0) is 6.42 Å². The third-order valence-corrected chi connectivity index (χ3v) is 6.04. The molecule has 1 aliphatic carbocycles. The molecule has 1 aromatic heterocycles. The number of nitrogens with zero attached hydrogens (tertiary/aromatic N) is 3. The Hall–Kier alpha value is -2.20. The van der Waals surface area contributed by atoms with E-state index in [4.69, 9.17) is 9.72 Å². The molecule has 1 saturated heterocycles. The Morgan fingerprint density at radius 1 is 1.19 bits per heavy atom. The van der Waals surface area contributed by atoms with Gasteiger partial charge in [-0.15, -0.1) is 0 Å². The Labute approximate surface area is 154 Å². The maximum atomic E-state index is 5.44. The summed E-state index contributed by atoms with van der Waals surface area (Å²) in [7, 11) is 1.73. The average molecular weight is 347 g/mol. The van der Waals surface area contributed by atoms with Crippen LogP contribution in [0, 0.1) is 0 Å². The topological polar surface area (TPSA) is 38.2 Å². The normalized spacial score (nSPS) is 24.8. The lowest BCUT2D eigenvalue weighted by molar-refractivity contribution is 0.196. The van der Waals surface area contributed by atoms with Crippen LogP contribution in [0.15, 0.2) is 36.5 Å². The molecule has 1 saturated carbocycles. The number of para-hydroxylation sites is 1. The van der Waals surface area contributed by atoms with Crippen molar-refractivity contribution in [1.29, 1.82) is 0 Å². The van der Waals surface area contributed by atoms with Crippen molar-refractivity contribution in [3.63, 3.8) is 0 Å². The Bertz CT molecular complexity index is 843. The van der Waals surface area contributed by atoms with Crippen LogP contribution in [0.3, 0.4) is 0 Å². The molecular formula is C22H25N3O. The number of ether oxygens (including phenoxy) is 1.